The van der Waals surface area contributed by atoms with Gasteiger partial charge in [0.25, 0.3) is 5.91 Å². The molecule has 0 aliphatic heterocycles. The molecule has 2 aromatic rings. The van der Waals surface area contributed by atoms with Gasteiger partial charge in [0.1, 0.15) is 5.82 Å². The van der Waals surface area contributed by atoms with Crippen molar-refractivity contribution in [2.24, 2.45) is 0 Å². The Balaban J connectivity index is 2.13. The molecule has 100 valence electrons. The quantitative estimate of drug-likeness (QED) is 0.870. The fraction of sp³-hybridized carbons (Fsp3) is 0.286. The molecule has 19 heavy (non-hydrogen) atoms. The second-order valence-corrected chi connectivity index (χ2v) is 4.81. The normalized spacial score (nSPS) is 10.7. The number of benzene rings is 1. The number of nitrogens with zero attached hydrogens (tertiary/aromatic N) is 2. The number of rotatable bonds is 4. The number of carbonyl (C=O) groups excluding carboxylic acids is 1. The maximum absolute atomic E-state index is 12.1. The van der Waals surface area contributed by atoms with E-state index in [0.29, 0.717) is 17.3 Å². The average Bonchev–Trinajstić information content (AvgIpc) is 2.87. The predicted molar refractivity (Wildman–Crippen MR) is 76.6 cm³/mol. The van der Waals surface area contributed by atoms with Gasteiger partial charge in [-0.15, -0.1) is 11.6 Å². The third kappa shape index (κ3) is 3.15. The minimum Gasteiger partial charge on any atom is -0.307 e. The number of hydrogen-bond acceptors (Lipinski definition) is 2. The highest BCUT2D eigenvalue weighted by Crippen LogP contribution is 2.15. The van der Waals surface area contributed by atoms with Crippen LogP contribution in [0.1, 0.15) is 35.8 Å². The lowest BCUT2D eigenvalue weighted by molar-refractivity contribution is 0.102. The molecule has 0 saturated carbocycles. The predicted octanol–water partition coefficient (Wildman–Crippen LogP) is 3.46. The standard InChI is InChI=1S/C14H16ClN3O/c1-10(2)18-13(7-8-16-18)17-14(19)12-5-3-11(9-15)4-6-12/h3-8,10H,9H2,1-2H3,(H,17,19). The molecule has 0 aliphatic carbocycles. The average molecular weight is 278 g/mol. The van der Waals surface area contributed by atoms with Crippen LogP contribution < -0.4 is 5.32 Å². The van der Waals surface area contributed by atoms with Crippen molar-refractivity contribution in [1.29, 1.82) is 0 Å². The van der Waals surface area contributed by atoms with Crippen LogP contribution in [0.3, 0.4) is 0 Å². The van der Waals surface area contributed by atoms with Crippen LogP contribution in [0.25, 0.3) is 0 Å². The summed E-state index contributed by atoms with van der Waals surface area (Å²) in [5.74, 6) is 0.993. The van der Waals surface area contributed by atoms with Crippen molar-refractivity contribution in [3.63, 3.8) is 0 Å². The number of halogens is 1. The van der Waals surface area contributed by atoms with Crippen LogP contribution >= 0.6 is 11.6 Å². The zero-order valence-corrected chi connectivity index (χ0v) is 11.7. The highest BCUT2D eigenvalue weighted by atomic mass is 35.5. The lowest BCUT2D eigenvalue weighted by Gasteiger charge is -2.11. The summed E-state index contributed by atoms with van der Waals surface area (Å²) in [5.41, 5.74) is 1.59. The minimum absolute atomic E-state index is 0.150. The molecule has 0 spiro atoms. The van der Waals surface area contributed by atoms with Gasteiger partial charge in [0, 0.05) is 23.6 Å². The summed E-state index contributed by atoms with van der Waals surface area (Å²) < 4.78 is 1.77. The second-order valence-electron chi connectivity index (χ2n) is 4.54. The Morgan fingerprint density at radius 3 is 2.58 bits per heavy atom. The third-order valence-corrected chi connectivity index (χ3v) is 3.08. The number of alkyl halides is 1. The summed E-state index contributed by atoms with van der Waals surface area (Å²) in [6.45, 7) is 4.02. The number of hydrogen-bond donors (Lipinski definition) is 1. The van der Waals surface area contributed by atoms with Gasteiger partial charge in [-0.3, -0.25) is 4.79 Å². The third-order valence-electron chi connectivity index (χ3n) is 2.77. The monoisotopic (exact) mass is 277 g/mol. The smallest absolute Gasteiger partial charge is 0.256 e. The van der Waals surface area contributed by atoms with E-state index in [1.54, 1.807) is 29.1 Å². The van der Waals surface area contributed by atoms with Crippen LogP contribution in [0.15, 0.2) is 36.5 Å². The molecule has 0 saturated heterocycles. The molecular formula is C14H16ClN3O. The van der Waals surface area contributed by atoms with E-state index in [4.69, 9.17) is 11.6 Å². The number of carbonyl (C=O) groups is 1. The van der Waals surface area contributed by atoms with E-state index in [1.165, 1.54) is 0 Å². The molecule has 4 nitrogen and oxygen atoms in total. The van der Waals surface area contributed by atoms with E-state index in [-0.39, 0.29) is 11.9 Å². The first-order chi connectivity index (χ1) is 9.11. The minimum atomic E-state index is -0.150. The van der Waals surface area contributed by atoms with E-state index >= 15 is 0 Å². The molecular weight excluding hydrogens is 262 g/mol. The maximum atomic E-state index is 12.1. The lowest BCUT2D eigenvalue weighted by Crippen LogP contribution is -2.16. The summed E-state index contributed by atoms with van der Waals surface area (Å²) in [5, 5.41) is 7.03. The molecule has 0 atom stereocenters. The van der Waals surface area contributed by atoms with Crippen molar-refractivity contribution in [3.8, 4) is 0 Å². The first kappa shape index (κ1) is 13.6. The Morgan fingerprint density at radius 2 is 2.00 bits per heavy atom. The molecule has 0 bridgehead atoms. The number of amides is 1. The first-order valence-electron chi connectivity index (χ1n) is 6.11. The van der Waals surface area contributed by atoms with Crippen LogP contribution in [0.2, 0.25) is 0 Å². The molecule has 2 rings (SSSR count). The summed E-state index contributed by atoms with van der Waals surface area (Å²) in [6.07, 6.45) is 1.67. The van der Waals surface area contributed by atoms with Gasteiger partial charge in [0.05, 0.1) is 6.20 Å². The van der Waals surface area contributed by atoms with Gasteiger partial charge in [0.15, 0.2) is 0 Å². The van der Waals surface area contributed by atoms with Crippen LogP contribution in [-0.4, -0.2) is 15.7 Å². The van der Waals surface area contributed by atoms with Gasteiger partial charge in [0.2, 0.25) is 0 Å². The van der Waals surface area contributed by atoms with Crippen LogP contribution in [0.5, 0.6) is 0 Å². The fourth-order valence-corrected chi connectivity index (χ4v) is 1.94. The van der Waals surface area contributed by atoms with Gasteiger partial charge in [-0.05, 0) is 31.5 Å². The summed E-state index contributed by atoms with van der Waals surface area (Å²) in [7, 11) is 0. The Hall–Kier alpha value is -1.81. The van der Waals surface area contributed by atoms with Gasteiger partial charge < -0.3 is 5.32 Å². The first-order valence-corrected chi connectivity index (χ1v) is 6.65. The molecule has 0 radical (unpaired) electrons. The molecule has 5 heteroatoms. The molecule has 1 aromatic heterocycles. The lowest BCUT2D eigenvalue weighted by atomic mass is 10.1. The topological polar surface area (TPSA) is 46.9 Å². The molecule has 0 aliphatic rings. The molecule has 1 N–H and O–H groups in total. The van der Waals surface area contributed by atoms with Crippen LogP contribution in [0, 0.1) is 0 Å². The number of aromatic nitrogens is 2. The molecule has 1 aromatic carbocycles. The van der Waals surface area contributed by atoms with Crippen molar-refractivity contribution in [3.05, 3.63) is 47.7 Å². The Labute approximate surface area is 117 Å². The van der Waals surface area contributed by atoms with Gasteiger partial charge in [-0.25, -0.2) is 4.68 Å². The molecule has 0 unspecified atom stereocenters. The van der Waals surface area contributed by atoms with E-state index in [2.05, 4.69) is 10.4 Å². The summed E-state index contributed by atoms with van der Waals surface area (Å²) in [4.78, 5) is 12.1. The van der Waals surface area contributed by atoms with Crippen molar-refractivity contribution in [2.45, 2.75) is 25.8 Å². The summed E-state index contributed by atoms with van der Waals surface area (Å²) in [6, 6.07) is 9.21. The zero-order chi connectivity index (χ0) is 13.8. The Kier molecular flexibility index (Phi) is 4.22. The van der Waals surface area contributed by atoms with Crippen molar-refractivity contribution in [1.82, 2.24) is 9.78 Å². The van der Waals surface area contributed by atoms with Gasteiger partial charge in [-0.2, -0.15) is 5.10 Å². The van der Waals surface area contributed by atoms with E-state index in [1.807, 2.05) is 26.0 Å². The number of nitrogens with one attached hydrogen (secondary N) is 1. The van der Waals surface area contributed by atoms with Crippen molar-refractivity contribution in [2.75, 3.05) is 5.32 Å². The fourth-order valence-electron chi connectivity index (χ4n) is 1.76. The second kappa shape index (κ2) is 5.89. The van der Waals surface area contributed by atoms with E-state index in [9.17, 15) is 4.79 Å². The highest BCUT2D eigenvalue weighted by Gasteiger charge is 2.10. The highest BCUT2D eigenvalue weighted by molar-refractivity contribution is 6.17. The van der Waals surface area contributed by atoms with E-state index < -0.39 is 0 Å². The Morgan fingerprint density at radius 1 is 1.32 bits per heavy atom. The van der Waals surface area contributed by atoms with Crippen molar-refractivity contribution < 1.29 is 4.79 Å². The van der Waals surface area contributed by atoms with Gasteiger partial charge >= 0.3 is 0 Å². The largest absolute Gasteiger partial charge is 0.307 e. The zero-order valence-electron chi connectivity index (χ0n) is 10.9. The van der Waals surface area contributed by atoms with Crippen molar-refractivity contribution >= 4 is 23.3 Å². The Bertz CT molecular complexity index is 560. The van der Waals surface area contributed by atoms with Gasteiger partial charge in [-0.1, -0.05) is 12.1 Å². The molecule has 0 fully saturated rings. The molecule has 1 amide bonds. The van der Waals surface area contributed by atoms with Crippen LogP contribution in [-0.2, 0) is 5.88 Å². The summed E-state index contributed by atoms with van der Waals surface area (Å²) >= 11 is 5.72. The van der Waals surface area contributed by atoms with Crippen LogP contribution in [0.4, 0.5) is 5.82 Å². The number of anilines is 1. The SMILES string of the molecule is CC(C)n1nccc1NC(=O)c1ccc(CCl)cc1. The molecule has 1 heterocycles. The van der Waals surface area contributed by atoms with E-state index in [0.717, 1.165) is 5.56 Å². The maximum Gasteiger partial charge on any atom is 0.256 e.